The van der Waals surface area contributed by atoms with E-state index in [0.29, 0.717) is 13.1 Å². The van der Waals surface area contributed by atoms with E-state index < -0.39 is 18.1 Å². The highest BCUT2D eigenvalue weighted by Gasteiger charge is 2.32. The minimum Gasteiger partial charge on any atom is -0.404 e. The standard InChI is InChI=1S/C16H22F3N3O3/c17-16(18,19)25-14-6-2-1-5-13(14)21-15(24)20-7-9-22-8-3-4-12(10-22)11-23/h1-2,5-6,12,23H,3-4,7-11H2,(H2,20,21,24)/t12-/m1/s1. The van der Waals surface area contributed by atoms with Gasteiger partial charge in [-0.05, 0) is 37.4 Å². The van der Waals surface area contributed by atoms with Gasteiger partial charge in [0.25, 0.3) is 0 Å². The van der Waals surface area contributed by atoms with Gasteiger partial charge in [-0.25, -0.2) is 4.79 Å². The molecule has 0 spiro atoms. The van der Waals surface area contributed by atoms with Crippen molar-refractivity contribution in [3.05, 3.63) is 24.3 Å². The van der Waals surface area contributed by atoms with E-state index in [9.17, 15) is 23.1 Å². The van der Waals surface area contributed by atoms with Crippen molar-refractivity contribution in [1.29, 1.82) is 0 Å². The van der Waals surface area contributed by atoms with Gasteiger partial charge in [-0.15, -0.1) is 13.2 Å². The molecule has 2 rings (SSSR count). The molecule has 0 aliphatic carbocycles. The summed E-state index contributed by atoms with van der Waals surface area (Å²) in [5, 5.41) is 14.2. The second-order valence-electron chi connectivity index (χ2n) is 5.92. The zero-order valence-corrected chi connectivity index (χ0v) is 13.7. The molecule has 0 radical (unpaired) electrons. The maximum atomic E-state index is 12.4. The number of carbonyl (C=O) groups excluding carboxylic acids is 1. The minimum atomic E-state index is -4.83. The maximum Gasteiger partial charge on any atom is 0.573 e. The number of aliphatic hydroxyl groups is 1. The highest BCUT2D eigenvalue weighted by Crippen LogP contribution is 2.29. The number of likely N-dealkylation sites (tertiary alicyclic amines) is 1. The molecule has 25 heavy (non-hydrogen) atoms. The van der Waals surface area contributed by atoms with Crippen molar-refractivity contribution >= 4 is 11.7 Å². The fourth-order valence-electron chi connectivity index (χ4n) is 2.78. The van der Waals surface area contributed by atoms with Gasteiger partial charge in [0.15, 0.2) is 5.75 Å². The number of halogens is 3. The highest BCUT2D eigenvalue weighted by atomic mass is 19.4. The number of rotatable bonds is 6. The molecule has 0 unspecified atom stereocenters. The molecule has 0 bridgehead atoms. The van der Waals surface area contributed by atoms with Gasteiger partial charge in [-0.1, -0.05) is 12.1 Å². The second-order valence-corrected chi connectivity index (χ2v) is 5.92. The molecular weight excluding hydrogens is 339 g/mol. The van der Waals surface area contributed by atoms with E-state index >= 15 is 0 Å². The van der Waals surface area contributed by atoms with Gasteiger partial charge in [0.05, 0.1) is 5.69 Å². The largest absolute Gasteiger partial charge is 0.573 e. The summed E-state index contributed by atoms with van der Waals surface area (Å²) in [5.74, 6) is -0.207. The summed E-state index contributed by atoms with van der Waals surface area (Å²) in [6.45, 7) is 2.81. The van der Waals surface area contributed by atoms with Crippen molar-refractivity contribution in [3.63, 3.8) is 0 Å². The van der Waals surface area contributed by atoms with Crippen LogP contribution in [0.4, 0.5) is 23.7 Å². The quantitative estimate of drug-likeness (QED) is 0.728. The number of piperidine rings is 1. The van der Waals surface area contributed by atoms with E-state index in [4.69, 9.17) is 0 Å². The van der Waals surface area contributed by atoms with E-state index in [1.54, 1.807) is 0 Å². The Balaban J connectivity index is 1.79. The van der Waals surface area contributed by atoms with Gasteiger partial charge in [-0.3, -0.25) is 0 Å². The third-order valence-electron chi connectivity index (χ3n) is 3.94. The number of hydrogen-bond donors (Lipinski definition) is 3. The van der Waals surface area contributed by atoms with E-state index in [2.05, 4.69) is 20.3 Å². The molecular formula is C16H22F3N3O3. The zero-order valence-electron chi connectivity index (χ0n) is 13.7. The minimum absolute atomic E-state index is 0.0596. The third kappa shape index (κ3) is 6.79. The molecule has 1 fully saturated rings. The van der Waals surface area contributed by atoms with Gasteiger partial charge in [0, 0.05) is 26.2 Å². The van der Waals surface area contributed by atoms with Gasteiger partial charge in [-0.2, -0.15) is 0 Å². The number of ether oxygens (including phenoxy) is 1. The van der Waals surface area contributed by atoms with Crippen LogP contribution in [0.15, 0.2) is 24.3 Å². The molecule has 1 aliphatic rings. The molecule has 0 saturated carbocycles. The molecule has 1 saturated heterocycles. The number of para-hydroxylation sites is 2. The molecule has 140 valence electrons. The van der Waals surface area contributed by atoms with Crippen LogP contribution in [0.1, 0.15) is 12.8 Å². The normalized spacial score (nSPS) is 18.6. The summed E-state index contributed by atoms with van der Waals surface area (Å²) < 4.78 is 40.9. The summed E-state index contributed by atoms with van der Waals surface area (Å²) in [7, 11) is 0. The molecule has 1 atom stereocenters. The van der Waals surface area contributed by atoms with E-state index in [0.717, 1.165) is 32.0 Å². The van der Waals surface area contributed by atoms with Crippen LogP contribution in [0.25, 0.3) is 0 Å². The fraction of sp³-hybridized carbons (Fsp3) is 0.562. The predicted octanol–water partition coefficient (Wildman–Crippen LogP) is 2.41. The molecule has 2 amide bonds. The monoisotopic (exact) mass is 361 g/mol. The van der Waals surface area contributed by atoms with Gasteiger partial charge >= 0.3 is 12.4 Å². The molecule has 1 aliphatic heterocycles. The summed E-state index contributed by atoms with van der Waals surface area (Å²) >= 11 is 0. The van der Waals surface area contributed by atoms with Crippen molar-refractivity contribution in [2.24, 2.45) is 5.92 Å². The number of nitrogens with one attached hydrogen (secondary N) is 2. The lowest BCUT2D eigenvalue weighted by atomic mass is 9.99. The SMILES string of the molecule is O=C(NCCN1CCC[C@@H](CO)C1)Nc1ccccc1OC(F)(F)F. The van der Waals surface area contributed by atoms with Crippen LogP contribution in [-0.4, -0.2) is 55.2 Å². The number of hydrogen-bond acceptors (Lipinski definition) is 4. The number of anilines is 1. The average Bonchev–Trinajstić information content (AvgIpc) is 2.55. The fourth-order valence-corrected chi connectivity index (χ4v) is 2.78. The van der Waals surface area contributed by atoms with Crippen molar-refractivity contribution in [1.82, 2.24) is 10.2 Å². The van der Waals surface area contributed by atoms with Crippen LogP contribution in [-0.2, 0) is 0 Å². The number of benzene rings is 1. The van der Waals surface area contributed by atoms with Gasteiger partial charge < -0.3 is 25.4 Å². The Labute approximate surface area is 144 Å². The summed E-state index contributed by atoms with van der Waals surface area (Å²) in [5.41, 5.74) is -0.0596. The molecule has 9 heteroatoms. The Morgan fingerprint density at radius 3 is 2.84 bits per heavy atom. The predicted molar refractivity (Wildman–Crippen MR) is 86.4 cm³/mol. The first-order chi connectivity index (χ1) is 11.9. The molecule has 0 aromatic heterocycles. The third-order valence-corrected chi connectivity index (χ3v) is 3.94. The van der Waals surface area contributed by atoms with E-state index in [1.165, 1.54) is 18.2 Å². The number of carbonyl (C=O) groups is 1. The summed E-state index contributed by atoms with van der Waals surface area (Å²) in [4.78, 5) is 14.0. The molecule has 6 nitrogen and oxygen atoms in total. The number of amides is 2. The lowest BCUT2D eigenvalue weighted by Crippen LogP contribution is -2.42. The second kappa shape index (κ2) is 8.91. The Hall–Kier alpha value is -2.00. The molecule has 3 N–H and O–H groups in total. The van der Waals surface area contributed by atoms with Crippen molar-refractivity contribution in [2.45, 2.75) is 19.2 Å². The first-order valence-electron chi connectivity index (χ1n) is 8.10. The van der Waals surface area contributed by atoms with E-state index in [-0.39, 0.29) is 18.2 Å². The molecule has 1 heterocycles. The highest BCUT2D eigenvalue weighted by molar-refractivity contribution is 5.90. The topological polar surface area (TPSA) is 73.8 Å². The molecule has 1 aromatic carbocycles. The summed E-state index contributed by atoms with van der Waals surface area (Å²) in [6.07, 6.45) is -2.83. The first kappa shape index (κ1) is 19.3. The first-order valence-corrected chi connectivity index (χ1v) is 8.10. The number of aliphatic hydroxyl groups excluding tert-OH is 1. The van der Waals surface area contributed by atoms with Gasteiger partial charge in [0.1, 0.15) is 0 Å². The van der Waals surface area contributed by atoms with Crippen LogP contribution < -0.4 is 15.4 Å². The number of nitrogens with zero attached hydrogens (tertiary/aromatic N) is 1. The Morgan fingerprint density at radius 2 is 2.12 bits per heavy atom. The van der Waals surface area contributed by atoms with Gasteiger partial charge in [0.2, 0.25) is 0 Å². The Kier molecular flexibility index (Phi) is 6.89. The Morgan fingerprint density at radius 1 is 1.36 bits per heavy atom. The van der Waals surface area contributed by atoms with Crippen LogP contribution in [0.3, 0.4) is 0 Å². The van der Waals surface area contributed by atoms with Crippen molar-refractivity contribution in [2.75, 3.05) is 38.1 Å². The van der Waals surface area contributed by atoms with Crippen molar-refractivity contribution < 1.29 is 27.8 Å². The lowest BCUT2D eigenvalue weighted by molar-refractivity contribution is -0.274. The van der Waals surface area contributed by atoms with Crippen LogP contribution in [0.2, 0.25) is 0 Å². The van der Waals surface area contributed by atoms with Crippen molar-refractivity contribution in [3.8, 4) is 5.75 Å². The molecule has 1 aromatic rings. The number of urea groups is 1. The Bertz CT molecular complexity index is 569. The lowest BCUT2D eigenvalue weighted by Gasteiger charge is -2.31. The van der Waals surface area contributed by atoms with Crippen LogP contribution >= 0.6 is 0 Å². The van der Waals surface area contributed by atoms with Crippen LogP contribution in [0.5, 0.6) is 5.75 Å². The van der Waals surface area contributed by atoms with E-state index in [1.807, 2.05) is 0 Å². The average molecular weight is 361 g/mol. The summed E-state index contributed by atoms with van der Waals surface area (Å²) in [6, 6.07) is 4.75. The van der Waals surface area contributed by atoms with Crippen LogP contribution in [0, 0.1) is 5.92 Å². The smallest absolute Gasteiger partial charge is 0.404 e. The maximum absolute atomic E-state index is 12.4. The number of alkyl halides is 3. The zero-order chi connectivity index (χ0) is 18.3.